The summed E-state index contributed by atoms with van der Waals surface area (Å²) in [6, 6.07) is 10.1. The van der Waals surface area contributed by atoms with Crippen molar-refractivity contribution in [1.82, 2.24) is 25.2 Å². The van der Waals surface area contributed by atoms with Crippen LogP contribution in [0.3, 0.4) is 0 Å². The molecule has 1 aliphatic rings. The number of nitrogens with zero attached hydrogens (tertiary/aromatic N) is 3. The fourth-order valence-corrected chi connectivity index (χ4v) is 4.10. The van der Waals surface area contributed by atoms with Gasteiger partial charge in [0.1, 0.15) is 11.3 Å². The molecule has 0 saturated heterocycles. The van der Waals surface area contributed by atoms with Crippen molar-refractivity contribution in [1.29, 1.82) is 0 Å². The molecule has 2 heterocycles. The van der Waals surface area contributed by atoms with Crippen LogP contribution in [-0.2, 0) is 13.0 Å². The van der Waals surface area contributed by atoms with Gasteiger partial charge in [0.2, 0.25) is 0 Å². The zero-order valence-electron chi connectivity index (χ0n) is 18.8. The second-order valence-corrected chi connectivity index (χ2v) is 7.65. The maximum Gasteiger partial charge on any atom is 0.253 e. The zero-order chi connectivity index (χ0) is 22.2. The molecule has 1 amide bonds. The second kappa shape index (κ2) is 11.0. The highest BCUT2D eigenvalue weighted by Crippen LogP contribution is 2.32. The minimum atomic E-state index is -0.110. The van der Waals surface area contributed by atoms with Gasteiger partial charge < -0.3 is 16.0 Å². The highest BCUT2D eigenvalue weighted by Gasteiger charge is 2.25. The molecule has 0 radical (unpaired) electrons. The molecule has 31 heavy (non-hydrogen) atoms. The van der Waals surface area contributed by atoms with E-state index >= 15 is 0 Å². The Kier molecular flexibility index (Phi) is 8.14. The number of aryl methyl sites for hydroxylation is 1. The topological polar surface area (TPSA) is 99.9 Å². The summed E-state index contributed by atoms with van der Waals surface area (Å²) in [5.74, 6) is 0.744. The van der Waals surface area contributed by atoms with Gasteiger partial charge in [0.15, 0.2) is 0 Å². The summed E-state index contributed by atoms with van der Waals surface area (Å²) in [5, 5.41) is 2.91. The van der Waals surface area contributed by atoms with Crippen LogP contribution in [0, 0.1) is 0 Å². The SMILES string of the molecule is CC.CN(Cc1nc2c(C(=O)NCCCN)cccc2[nH]1)C1CCCc2cccnc21. The number of pyridine rings is 1. The van der Waals surface area contributed by atoms with E-state index in [0.717, 1.165) is 30.6 Å². The molecule has 1 aromatic carbocycles. The fraction of sp³-hybridized carbons (Fsp3) is 0.458. The summed E-state index contributed by atoms with van der Waals surface area (Å²) in [6.45, 7) is 5.80. The number of hydrogen-bond acceptors (Lipinski definition) is 5. The lowest BCUT2D eigenvalue weighted by atomic mass is 9.91. The van der Waals surface area contributed by atoms with Gasteiger partial charge in [-0.1, -0.05) is 26.0 Å². The summed E-state index contributed by atoms with van der Waals surface area (Å²) in [4.78, 5) is 27.6. The first kappa shape index (κ1) is 22.9. The lowest BCUT2D eigenvalue weighted by Crippen LogP contribution is -2.28. The molecule has 7 nitrogen and oxygen atoms in total. The van der Waals surface area contributed by atoms with Crippen molar-refractivity contribution < 1.29 is 4.79 Å². The molecule has 1 unspecified atom stereocenters. The summed E-state index contributed by atoms with van der Waals surface area (Å²) in [5.41, 5.74) is 10.2. The van der Waals surface area contributed by atoms with Gasteiger partial charge in [-0.2, -0.15) is 0 Å². The minimum absolute atomic E-state index is 0.110. The van der Waals surface area contributed by atoms with Crippen molar-refractivity contribution in [2.24, 2.45) is 5.73 Å². The molecule has 0 spiro atoms. The van der Waals surface area contributed by atoms with Gasteiger partial charge in [-0.05, 0) is 63.0 Å². The average molecular weight is 423 g/mol. The highest BCUT2D eigenvalue weighted by atomic mass is 16.1. The molecule has 4 rings (SSSR count). The molecule has 0 bridgehead atoms. The average Bonchev–Trinajstić information content (AvgIpc) is 3.22. The molecule has 3 aromatic rings. The number of rotatable bonds is 7. The van der Waals surface area contributed by atoms with Gasteiger partial charge in [-0.3, -0.25) is 14.7 Å². The van der Waals surface area contributed by atoms with Crippen molar-refractivity contribution in [2.75, 3.05) is 20.1 Å². The number of hydrogen-bond donors (Lipinski definition) is 3. The highest BCUT2D eigenvalue weighted by molar-refractivity contribution is 6.04. The molecule has 2 aromatic heterocycles. The van der Waals surface area contributed by atoms with E-state index in [0.29, 0.717) is 30.7 Å². The molecule has 0 fully saturated rings. The standard InChI is InChI=1S/C22H28N6O.C2H6/c1-28(18-10-2-6-15-7-4-12-24-20(15)18)14-19-26-17-9-3-8-16(21(17)27-19)22(29)25-13-5-11-23;1-2/h3-4,7-9,12,18H,2,5-6,10-11,13-14,23H2,1H3,(H,25,29)(H,26,27);1-2H3. The number of H-pyrrole nitrogens is 1. The Hall–Kier alpha value is -2.77. The van der Waals surface area contributed by atoms with Crippen LogP contribution in [0.1, 0.15) is 66.6 Å². The molecule has 166 valence electrons. The lowest BCUT2D eigenvalue weighted by Gasteiger charge is -2.31. The predicted molar refractivity (Wildman–Crippen MR) is 125 cm³/mol. The second-order valence-electron chi connectivity index (χ2n) is 7.65. The number of benzene rings is 1. The molecule has 0 saturated carbocycles. The molecule has 1 atom stereocenters. The van der Waals surface area contributed by atoms with Crippen molar-refractivity contribution in [2.45, 2.75) is 52.1 Å². The maximum atomic E-state index is 12.5. The molecule has 1 aliphatic carbocycles. The van der Waals surface area contributed by atoms with Crippen molar-refractivity contribution in [3.8, 4) is 0 Å². The number of imidazole rings is 1. The van der Waals surface area contributed by atoms with E-state index in [2.05, 4.69) is 33.3 Å². The smallest absolute Gasteiger partial charge is 0.253 e. The van der Waals surface area contributed by atoms with Crippen LogP contribution >= 0.6 is 0 Å². The van der Waals surface area contributed by atoms with Gasteiger partial charge >= 0.3 is 0 Å². The summed E-state index contributed by atoms with van der Waals surface area (Å²) in [6.07, 6.45) is 5.99. The number of aromatic amines is 1. The number of carbonyl (C=O) groups is 1. The van der Waals surface area contributed by atoms with Gasteiger partial charge in [-0.25, -0.2) is 4.98 Å². The van der Waals surface area contributed by atoms with E-state index in [4.69, 9.17) is 10.7 Å². The van der Waals surface area contributed by atoms with Crippen molar-refractivity contribution in [3.05, 3.63) is 59.2 Å². The third kappa shape index (κ3) is 5.29. The third-order valence-electron chi connectivity index (χ3n) is 5.57. The largest absolute Gasteiger partial charge is 0.352 e. The number of amides is 1. The van der Waals surface area contributed by atoms with Crippen LogP contribution in [0.2, 0.25) is 0 Å². The Bertz CT molecular complexity index is 999. The summed E-state index contributed by atoms with van der Waals surface area (Å²) in [7, 11) is 2.11. The Balaban J connectivity index is 0.00000132. The Labute approximate surface area is 184 Å². The first-order valence-electron chi connectivity index (χ1n) is 11.3. The quantitative estimate of drug-likeness (QED) is 0.506. The maximum absolute atomic E-state index is 12.5. The first-order valence-corrected chi connectivity index (χ1v) is 11.3. The van der Waals surface area contributed by atoms with Gasteiger partial charge in [-0.15, -0.1) is 0 Å². The zero-order valence-corrected chi connectivity index (χ0v) is 18.8. The van der Waals surface area contributed by atoms with E-state index < -0.39 is 0 Å². The van der Waals surface area contributed by atoms with E-state index in [1.807, 2.05) is 44.3 Å². The molecular weight excluding hydrogens is 388 g/mol. The van der Waals surface area contributed by atoms with Gasteiger partial charge in [0, 0.05) is 12.7 Å². The van der Waals surface area contributed by atoms with Crippen molar-refractivity contribution in [3.63, 3.8) is 0 Å². The van der Waals surface area contributed by atoms with Crippen LogP contribution in [0.15, 0.2) is 36.5 Å². The van der Waals surface area contributed by atoms with Gasteiger partial charge in [0.25, 0.3) is 5.91 Å². The monoisotopic (exact) mass is 422 g/mol. The third-order valence-corrected chi connectivity index (χ3v) is 5.57. The fourth-order valence-electron chi connectivity index (χ4n) is 4.10. The summed E-state index contributed by atoms with van der Waals surface area (Å²) < 4.78 is 0. The van der Waals surface area contributed by atoms with Crippen LogP contribution < -0.4 is 11.1 Å². The lowest BCUT2D eigenvalue weighted by molar-refractivity contribution is 0.0955. The number of nitrogens with one attached hydrogen (secondary N) is 2. The first-order chi connectivity index (χ1) is 15.2. The molecule has 0 aliphatic heterocycles. The van der Waals surface area contributed by atoms with E-state index in [9.17, 15) is 4.79 Å². The van der Waals surface area contributed by atoms with Gasteiger partial charge in [0.05, 0.1) is 29.4 Å². The van der Waals surface area contributed by atoms with E-state index in [-0.39, 0.29) is 11.9 Å². The van der Waals surface area contributed by atoms with Crippen LogP contribution in [0.25, 0.3) is 11.0 Å². The summed E-state index contributed by atoms with van der Waals surface area (Å²) >= 11 is 0. The van der Waals surface area contributed by atoms with Crippen molar-refractivity contribution >= 4 is 16.9 Å². The molecule has 7 heteroatoms. The van der Waals surface area contributed by atoms with E-state index in [1.54, 1.807) is 0 Å². The van der Waals surface area contributed by atoms with Crippen LogP contribution in [0.5, 0.6) is 0 Å². The normalized spacial score (nSPS) is 15.3. The number of carbonyl (C=O) groups excluding carboxylic acids is 1. The molecular formula is C24H34N6O. The number of fused-ring (bicyclic) bond motifs is 2. The Morgan fingerprint density at radius 1 is 1.29 bits per heavy atom. The Morgan fingerprint density at radius 2 is 2.13 bits per heavy atom. The van der Waals surface area contributed by atoms with Crippen LogP contribution in [0.4, 0.5) is 0 Å². The van der Waals surface area contributed by atoms with E-state index in [1.165, 1.54) is 17.7 Å². The minimum Gasteiger partial charge on any atom is -0.352 e. The number of nitrogens with two attached hydrogens (primary N) is 1. The Morgan fingerprint density at radius 3 is 2.94 bits per heavy atom. The number of aromatic nitrogens is 3. The molecule has 4 N–H and O–H groups in total. The number of para-hydroxylation sites is 1. The van der Waals surface area contributed by atoms with Crippen LogP contribution in [-0.4, -0.2) is 45.9 Å². The predicted octanol–water partition coefficient (Wildman–Crippen LogP) is 3.57.